The van der Waals surface area contributed by atoms with Crippen LogP contribution in [0.3, 0.4) is 0 Å². The molecule has 1 atom stereocenters. The number of nitrogens with zero attached hydrogens (tertiary/aromatic N) is 2. The molecule has 0 spiro atoms. The van der Waals surface area contributed by atoms with Crippen molar-refractivity contribution in [3.05, 3.63) is 42.0 Å². The summed E-state index contributed by atoms with van der Waals surface area (Å²) in [5, 5.41) is 19.4. The number of amides is 1. The number of likely N-dealkylation sites (tertiary alicyclic amines) is 1. The maximum Gasteiger partial charge on any atom is 0.430 e. The van der Waals surface area contributed by atoms with Gasteiger partial charge in [0.2, 0.25) is 5.91 Å². The maximum atomic E-state index is 12.4. The highest BCUT2D eigenvalue weighted by Gasteiger charge is 2.35. The van der Waals surface area contributed by atoms with Crippen LogP contribution in [-0.2, 0) is 17.6 Å². The summed E-state index contributed by atoms with van der Waals surface area (Å²) in [5.41, 5.74) is 7.71. The lowest BCUT2D eigenvalue weighted by Crippen LogP contribution is -2.60. The standard InChI is InChI=1S/C17H22BN4O5/c19-15(5-12-7-20-10-21-12)17(23)22-8-14(9-22)26-13-2-1-11-3-4-18(24,25)27-16(11)6-13/h1-2,6-7,10,14-15,24-25H,3-5,8-9,19H2,(H,20,21)/q-1/t15-/m0/s1. The quantitative estimate of drug-likeness (QED) is 0.516. The molecule has 2 aliphatic heterocycles. The first-order chi connectivity index (χ1) is 12.9. The monoisotopic (exact) mass is 373 g/mol. The van der Waals surface area contributed by atoms with Gasteiger partial charge in [0.05, 0.1) is 31.2 Å². The number of nitrogens with two attached hydrogens (primary N) is 1. The molecular weight excluding hydrogens is 351 g/mol. The van der Waals surface area contributed by atoms with Crippen LogP contribution in [0.1, 0.15) is 11.3 Å². The molecule has 5 N–H and O–H groups in total. The van der Waals surface area contributed by atoms with Gasteiger partial charge < -0.3 is 35.1 Å². The number of hydrogen-bond acceptors (Lipinski definition) is 7. The number of aryl methyl sites for hydroxylation is 1. The summed E-state index contributed by atoms with van der Waals surface area (Å²) in [6, 6.07) is 4.72. The lowest BCUT2D eigenvalue weighted by molar-refractivity contribution is -0.141. The summed E-state index contributed by atoms with van der Waals surface area (Å²) in [7, 11) is 0. The van der Waals surface area contributed by atoms with E-state index in [1.54, 1.807) is 23.5 Å². The highest BCUT2D eigenvalue weighted by molar-refractivity contribution is 6.58. The number of carbonyl (C=O) groups excluding carboxylic acids is 1. The molecule has 0 radical (unpaired) electrons. The van der Waals surface area contributed by atoms with Crippen LogP contribution in [0.25, 0.3) is 0 Å². The molecule has 1 amide bonds. The van der Waals surface area contributed by atoms with Crippen LogP contribution >= 0.6 is 0 Å². The topological polar surface area (TPSA) is 134 Å². The summed E-state index contributed by atoms with van der Waals surface area (Å²) < 4.78 is 11.1. The van der Waals surface area contributed by atoms with Gasteiger partial charge in [-0.05, 0) is 18.1 Å². The third kappa shape index (κ3) is 3.92. The first-order valence-electron chi connectivity index (χ1n) is 9.00. The van der Waals surface area contributed by atoms with E-state index in [9.17, 15) is 14.8 Å². The van der Waals surface area contributed by atoms with E-state index in [0.717, 1.165) is 11.3 Å². The highest BCUT2D eigenvalue weighted by Crippen LogP contribution is 2.33. The highest BCUT2D eigenvalue weighted by atomic mass is 16.6. The Hall–Kier alpha value is -2.56. The molecule has 9 nitrogen and oxygen atoms in total. The molecule has 1 fully saturated rings. The van der Waals surface area contributed by atoms with E-state index < -0.39 is 12.8 Å². The lowest BCUT2D eigenvalue weighted by atomic mass is 9.70. The van der Waals surface area contributed by atoms with E-state index in [-0.39, 0.29) is 18.3 Å². The van der Waals surface area contributed by atoms with E-state index in [2.05, 4.69) is 9.97 Å². The number of ether oxygens (including phenoxy) is 1. The Bertz CT molecular complexity index is 823. The molecule has 2 aromatic rings. The van der Waals surface area contributed by atoms with Crippen LogP contribution in [0, 0.1) is 0 Å². The second-order valence-corrected chi connectivity index (χ2v) is 7.15. The minimum Gasteiger partial charge on any atom is -0.670 e. The van der Waals surface area contributed by atoms with E-state index in [1.807, 2.05) is 12.1 Å². The van der Waals surface area contributed by atoms with Gasteiger partial charge in [-0.25, -0.2) is 4.98 Å². The SMILES string of the molecule is N[C@@H](Cc1cnc[nH]1)C(=O)N1CC(Oc2ccc3c(c2)O[B-](O)(O)CC3)C1. The maximum absolute atomic E-state index is 12.4. The van der Waals surface area contributed by atoms with Crippen LogP contribution in [-0.4, -0.2) is 62.8 Å². The number of aromatic nitrogens is 2. The number of fused-ring (bicyclic) bond motifs is 1. The third-order valence-corrected chi connectivity index (χ3v) is 4.92. The fraction of sp³-hybridized carbons (Fsp3) is 0.412. The van der Waals surface area contributed by atoms with Gasteiger partial charge in [-0.2, -0.15) is 0 Å². The van der Waals surface area contributed by atoms with Crippen LogP contribution in [0.2, 0.25) is 6.32 Å². The van der Waals surface area contributed by atoms with Crippen LogP contribution < -0.4 is 15.1 Å². The normalized spacial score (nSPS) is 19.6. The average Bonchev–Trinajstić information content (AvgIpc) is 3.09. The van der Waals surface area contributed by atoms with Gasteiger partial charge in [0, 0.05) is 24.4 Å². The Morgan fingerprint density at radius 1 is 1.48 bits per heavy atom. The zero-order chi connectivity index (χ0) is 19.0. The molecule has 144 valence electrons. The number of nitrogens with one attached hydrogen (secondary N) is 1. The van der Waals surface area contributed by atoms with Crippen molar-refractivity contribution in [2.75, 3.05) is 13.1 Å². The predicted octanol–water partition coefficient (Wildman–Crippen LogP) is -0.572. The van der Waals surface area contributed by atoms with Crippen molar-refractivity contribution in [3.8, 4) is 11.5 Å². The molecule has 0 saturated carbocycles. The zero-order valence-corrected chi connectivity index (χ0v) is 14.7. The van der Waals surface area contributed by atoms with Crippen molar-refractivity contribution in [2.45, 2.75) is 31.3 Å². The molecule has 2 aliphatic rings. The lowest BCUT2D eigenvalue weighted by Gasteiger charge is -2.40. The van der Waals surface area contributed by atoms with Gasteiger partial charge in [-0.3, -0.25) is 4.79 Å². The van der Waals surface area contributed by atoms with Gasteiger partial charge in [-0.15, -0.1) is 0 Å². The number of imidazole rings is 1. The van der Waals surface area contributed by atoms with Crippen molar-refractivity contribution >= 4 is 12.7 Å². The minimum atomic E-state index is -2.80. The summed E-state index contributed by atoms with van der Waals surface area (Å²) >= 11 is 0. The fourth-order valence-electron chi connectivity index (χ4n) is 3.37. The van der Waals surface area contributed by atoms with Crippen LogP contribution in [0.15, 0.2) is 30.7 Å². The molecule has 4 rings (SSSR count). The van der Waals surface area contributed by atoms with E-state index in [4.69, 9.17) is 15.1 Å². The van der Waals surface area contributed by atoms with Crippen molar-refractivity contribution < 1.29 is 24.2 Å². The number of carbonyl (C=O) groups is 1. The first kappa shape index (κ1) is 17.8. The number of H-pyrrole nitrogens is 1. The van der Waals surface area contributed by atoms with Crippen LogP contribution in [0.4, 0.5) is 0 Å². The molecule has 10 heteroatoms. The molecule has 27 heavy (non-hydrogen) atoms. The van der Waals surface area contributed by atoms with Gasteiger partial charge in [-0.1, -0.05) is 12.4 Å². The second-order valence-electron chi connectivity index (χ2n) is 7.15. The summed E-state index contributed by atoms with van der Waals surface area (Å²) in [6.07, 6.45) is 4.22. The Morgan fingerprint density at radius 2 is 2.30 bits per heavy atom. The van der Waals surface area contributed by atoms with Crippen molar-refractivity contribution in [3.63, 3.8) is 0 Å². The van der Waals surface area contributed by atoms with Gasteiger partial charge in [0.15, 0.2) is 0 Å². The Balaban J connectivity index is 1.30. The fourth-order valence-corrected chi connectivity index (χ4v) is 3.37. The number of benzene rings is 1. The zero-order valence-electron chi connectivity index (χ0n) is 14.7. The Kier molecular flexibility index (Phi) is 4.54. The van der Waals surface area contributed by atoms with Crippen molar-refractivity contribution in [1.29, 1.82) is 0 Å². The largest absolute Gasteiger partial charge is 0.670 e. The third-order valence-electron chi connectivity index (χ3n) is 4.92. The molecule has 0 bridgehead atoms. The predicted molar refractivity (Wildman–Crippen MR) is 97.0 cm³/mol. The van der Waals surface area contributed by atoms with Crippen molar-refractivity contribution in [2.24, 2.45) is 5.73 Å². The molecule has 1 aromatic heterocycles. The molecule has 0 unspecified atom stereocenters. The summed E-state index contributed by atoms with van der Waals surface area (Å²) in [5.74, 6) is 0.880. The van der Waals surface area contributed by atoms with E-state index in [1.165, 1.54) is 0 Å². The molecule has 1 aromatic carbocycles. The van der Waals surface area contributed by atoms with E-state index in [0.29, 0.717) is 37.4 Å². The van der Waals surface area contributed by atoms with E-state index >= 15 is 0 Å². The van der Waals surface area contributed by atoms with Gasteiger partial charge in [0.1, 0.15) is 11.9 Å². The minimum absolute atomic E-state index is 0.119. The Labute approximate surface area is 156 Å². The molecule has 1 saturated heterocycles. The van der Waals surface area contributed by atoms with Crippen molar-refractivity contribution in [1.82, 2.24) is 14.9 Å². The molecule has 3 heterocycles. The Morgan fingerprint density at radius 3 is 3.04 bits per heavy atom. The number of aromatic amines is 1. The number of rotatable bonds is 5. The second kappa shape index (κ2) is 6.88. The average molecular weight is 373 g/mol. The first-order valence-corrected chi connectivity index (χ1v) is 9.00. The smallest absolute Gasteiger partial charge is 0.430 e. The molecule has 0 aliphatic carbocycles. The number of hydrogen-bond donors (Lipinski definition) is 4. The summed E-state index contributed by atoms with van der Waals surface area (Å²) in [6.45, 7) is -1.88. The molecular formula is C17H22BN4O5-. The van der Waals surface area contributed by atoms with Crippen LogP contribution in [0.5, 0.6) is 11.5 Å². The van der Waals surface area contributed by atoms with Gasteiger partial charge >= 0.3 is 6.75 Å². The van der Waals surface area contributed by atoms with Gasteiger partial charge in [0.25, 0.3) is 0 Å². The summed E-state index contributed by atoms with van der Waals surface area (Å²) in [4.78, 5) is 20.9.